The molecule has 0 spiro atoms. The van der Waals surface area contributed by atoms with Crippen LogP contribution in [0.4, 0.5) is 13.2 Å². The van der Waals surface area contributed by atoms with Crippen LogP contribution in [0.3, 0.4) is 0 Å². The summed E-state index contributed by atoms with van der Waals surface area (Å²) in [6.07, 6.45) is -4.45. The molecule has 7 rings (SSSR count). The zero-order valence-corrected chi connectivity index (χ0v) is 19.6. The first-order chi connectivity index (χ1) is 17.7. The molecule has 2 aromatic heterocycles. The number of alkyl halides is 3. The number of hydrogen-bond acceptors (Lipinski definition) is 5. The lowest BCUT2D eigenvalue weighted by Crippen LogP contribution is -2.28. The Hall–Kier alpha value is -4.27. The molecular formula is C28H19F3N2O4. The number of pyridine rings is 2. The highest BCUT2D eigenvalue weighted by atomic mass is 19.4. The number of nitrogens with zero attached hydrogens (tertiary/aromatic N) is 2. The predicted octanol–water partition coefficient (Wildman–Crippen LogP) is 5.99. The molecule has 2 aromatic carbocycles. The van der Waals surface area contributed by atoms with E-state index in [1.165, 1.54) is 12.1 Å². The fourth-order valence-electron chi connectivity index (χ4n) is 5.43. The summed E-state index contributed by atoms with van der Waals surface area (Å²) in [5.41, 5.74) is 4.47. The summed E-state index contributed by atoms with van der Waals surface area (Å²) in [5, 5.41) is 0.707. The van der Waals surface area contributed by atoms with Crippen molar-refractivity contribution >= 4 is 10.9 Å². The summed E-state index contributed by atoms with van der Waals surface area (Å²) < 4.78 is 58.3. The van der Waals surface area contributed by atoms with Gasteiger partial charge in [0.25, 0.3) is 5.56 Å². The lowest BCUT2D eigenvalue weighted by atomic mass is 9.91. The van der Waals surface area contributed by atoms with Gasteiger partial charge < -0.3 is 18.8 Å². The minimum Gasteiger partial charge on any atom is -0.493 e. The highest BCUT2D eigenvalue weighted by molar-refractivity contribution is 6.01. The van der Waals surface area contributed by atoms with Crippen molar-refractivity contribution in [3.63, 3.8) is 0 Å². The van der Waals surface area contributed by atoms with Gasteiger partial charge in [-0.1, -0.05) is 25.6 Å². The van der Waals surface area contributed by atoms with Crippen LogP contribution in [0.15, 0.2) is 59.6 Å². The summed E-state index contributed by atoms with van der Waals surface area (Å²) >= 11 is 0. The lowest BCUT2D eigenvalue weighted by molar-refractivity contribution is -0.137. The first-order valence-corrected chi connectivity index (χ1v) is 11.7. The van der Waals surface area contributed by atoms with Gasteiger partial charge in [-0.3, -0.25) is 4.79 Å². The maximum Gasteiger partial charge on any atom is 0.416 e. The molecule has 0 aliphatic carbocycles. The monoisotopic (exact) mass is 504 g/mol. The Labute approximate surface area is 208 Å². The van der Waals surface area contributed by atoms with Gasteiger partial charge in [-0.15, -0.1) is 0 Å². The summed E-state index contributed by atoms with van der Waals surface area (Å²) in [5.74, 6) is 1.52. The maximum absolute atomic E-state index is 13.5. The average molecular weight is 504 g/mol. The molecule has 4 aromatic rings. The molecule has 5 heterocycles. The number of fused-ring (bicyclic) bond motifs is 6. The zero-order valence-electron chi connectivity index (χ0n) is 19.6. The smallest absolute Gasteiger partial charge is 0.416 e. The molecule has 6 nitrogen and oxygen atoms in total. The number of halogens is 3. The molecule has 0 saturated carbocycles. The normalized spacial score (nSPS) is 17.4. The van der Waals surface area contributed by atoms with E-state index in [0.29, 0.717) is 56.2 Å². The molecule has 3 aliphatic rings. The van der Waals surface area contributed by atoms with Crippen molar-refractivity contribution in [3.8, 4) is 34.0 Å². The summed E-state index contributed by atoms with van der Waals surface area (Å²) in [4.78, 5) is 18.5. The Kier molecular flexibility index (Phi) is 4.38. The zero-order chi connectivity index (χ0) is 25.6. The second kappa shape index (κ2) is 7.38. The van der Waals surface area contributed by atoms with E-state index in [-0.39, 0.29) is 31.4 Å². The molecule has 186 valence electrons. The van der Waals surface area contributed by atoms with Crippen LogP contribution in [0.5, 0.6) is 11.5 Å². The van der Waals surface area contributed by atoms with Crippen LogP contribution in [-0.4, -0.2) is 16.3 Å². The van der Waals surface area contributed by atoms with E-state index in [2.05, 4.69) is 6.58 Å². The molecule has 0 fully saturated rings. The van der Waals surface area contributed by atoms with Gasteiger partial charge in [0, 0.05) is 22.9 Å². The molecule has 1 atom stereocenters. The number of rotatable bonds is 1. The first kappa shape index (κ1) is 22.0. The van der Waals surface area contributed by atoms with Gasteiger partial charge in [0.2, 0.25) is 6.79 Å². The molecule has 0 N–H and O–H groups in total. The van der Waals surface area contributed by atoms with Crippen LogP contribution >= 0.6 is 0 Å². The Morgan fingerprint density at radius 2 is 1.76 bits per heavy atom. The van der Waals surface area contributed by atoms with Gasteiger partial charge in [-0.2, -0.15) is 13.2 Å². The van der Waals surface area contributed by atoms with E-state index in [0.717, 1.165) is 23.3 Å². The van der Waals surface area contributed by atoms with Crippen molar-refractivity contribution in [3.05, 3.63) is 87.4 Å². The number of aromatic nitrogens is 2. The minimum absolute atomic E-state index is 0.0786. The second-order valence-electron chi connectivity index (χ2n) is 9.44. The molecule has 37 heavy (non-hydrogen) atoms. The van der Waals surface area contributed by atoms with E-state index in [4.69, 9.17) is 19.2 Å². The number of ether oxygens (including phenoxy) is 3. The molecule has 1 unspecified atom stereocenters. The van der Waals surface area contributed by atoms with E-state index >= 15 is 0 Å². The quantitative estimate of drug-likeness (QED) is 0.281. The Balaban J connectivity index is 1.51. The second-order valence-corrected chi connectivity index (χ2v) is 9.44. The third kappa shape index (κ3) is 3.13. The summed E-state index contributed by atoms with van der Waals surface area (Å²) in [6, 6.07) is 10.6. The van der Waals surface area contributed by atoms with Crippen LogP contribution in [0.2, 0.25) is 0 Å². The first-order valence-electron chi connectivity index (χ1n) is 11.7. The van der Waals surface area contributed by atoms with Gasteiger partial charge in [0.05, 0.1) is 40.3 Å². The molecule has 0 radical (unpaired) electrons. The van der Waals surface area contributed by atoms with Crippen LogP contribution < -0.4 is 15.0 Å². The van der Waals surface area contributed by atoms with E-state index in [1.54, 1.807) is 16.7 Å². The van der Waals surface area contributed by atoms with E-state index in [1.807, 2.05) is 13.0 Å². The Bertz CT molecular complexity index is 1720. The minimum atomic E-state index is -4.45. The highest BCUT2D eigenvalue weighted by Crippen LogP contribution is 2.46. The number of allylic oxidation sites excluding steroid dienone is 1. The summed E-state index contributed by atoms with van der Waals surface area (Å²) in [7, 11) is 0. The third-order valence-electron chi connectivity index (χ3n) is 7.43. The van der Waals surface area contributed by atoms with Crippen LogP contribution in [0.1, 0.15) is 35.1 Å². The Morgan fingerprint density at radius 1 is 1.03 bits per heavy atom. The van der Waals surface area contributed by atoms with Crippen LogP contribution in [-0.2, 0) is 24.1 Å². The fourth-order valence-corrected chi connectivity index (χ4v) is 5.43. The topological polar surface area (TPSA) is 62.6 Å². The standard InChI is InChI=1S/C28H19F3N2O4/c1-13-14(2)35-11-20-17(13)7-22-26-19(10-33(22)27(20)34)25(15-3-5-16(6-4-15)28(29,30)31)18-8-23-24(37-12-36-23)9-21(18)32-26/h3-9,13H,2,10-12H2,1H3. The van der Waals surface area contributed by atoms with Gasteiger partial charge in [-0.05, 0) is 41.0 Å². The van der Waals surface area contributed by atoms with Crippen molar-refractivity contribution in [2.75, 3.05) is 6.79 Å². The number of benzene rings is 2. The average Bonchev–Trinajstić information content (AvgIpc) is 3.48. The van der Waals surface area contributed by atoms with Crippen LogP contribution in [0.25, 0.3) is 33.4 Å². The van der Waals surface area contributed by atoms with Crippen molar-refractivity contribution in [1.82, 2.24) is 9.55 Å². The van der Waals surface area contributed by atoms with Crippen LogP contribution in [0, 0.1) is 0 Å². The summed E-state index contributed by atoms with van der Waals surface area (Å²) in [6.45, 7) is 6.36. The molecule has 0 bridgehead atoms. The molecule has 9 heteroatoms. The molecule has 3 aliphatic heterocycles. The van der Waals surface area contributed by atoms with Gasteiger partial charge in [-0.25, -0.2) is 4.98 Å². The van der Waals surface area contributed by atoms with Crippen molar-refractivity contribution < 1.29 is 27.4 Å². The van der Waals surface area contributed by atoms with E-state index < -0.39 is 11.7 Å². The Morgan fingerprint density at radius 3 is 2.49 bits per heavy atom. The van der Waals surface area contributed by atoms with Gasteiger partial charge >= 0.3 is 6.18 Å². The maximum atomic E-state index is 13.5. The fraction of sp³-hybridized carbons (Fsp3) is 0.214. The van der Waals surface area contributed by atoms with Crippen molar-refractivity contribution in [1.29, 1.82) is 0 Å². The molecule has 0 amide bonds. The van der Waals surface area contributed by atoms with Crippen molar-refractivity contribution in [2.24, 2.45) is 0 Å². The predicted molar refractivity (Wildman–Crippen MR) is 129 cm³/mol. The highest BCUT2D eigenvalue weighted by Gasteiger charge is 2.34. The van der Waals surface area contributed by atoms with Crippen molar-refractivity contribution in [2.45, 2.75) is 32.2 Å². The largest absolute Gasteiger partial charge is 0.493 e. The SMILES string of the molecule is C=C1OCc2c(cc3n(c2=O)Cc2c-3nc3cc4c(cc3c2-c2ccc(C(F)(F)F)cc2)OCO4)C1C. The number of hydrogen-bond donors (Lipinski definition) is 0. The lowest BCUT2D eigenvalue weighted by Gasteiger charge is -2.25. The third-order valence-corrected chi connectivity index (χ3v) is 7.43. The van der Waals surface area contributed by atoms with Gasteiger partial charge in [0.15, 0.2) is 11.5 Å². The molecular weight excluding hydrogens is 485 g/mol. The van der Waals surface area contributed by atoms with E-state index in [9.17, 15) is 18.0 Å². The molecule has 0 saturated heterocycles. The van der Waals surface area contributed by atoms with Gasteiger partial charge in [0.1, 0.15) is 6.61 Å².